The Labute approximate surface area is 228 Å². The maximum absolute atomic E-state index is 12.0. The highest BCUT2D eigenvalue weighted by molar-refractivity contribution is 9.11. The number of halogens is 3. The molecule has 6 nitrogen and oxygen atoms in total. The van der Waals surface area contributed by atoms with E-state index in [4.69, 9.17) is 19.3 Å². The zero-order chi connectivity index (χ0) is 24.9. The lowest BCUT2D eigenvalue weighted by Crippen LogP contribution is -2.12. The van der Waals surface area contributed by atoms with Gasteiger partial charge in [0.2, 0.25) is 5.88 Å². The number of aromatic nitrogens is 2. The summed E-state index contributed by atoms with van der Waals surface area (Å²) in [5.74, 6) is 0.982. The molecule has 35 heavy (non-hydrogen) atoms. The monoisotopic (exact) mass is 664 g/mol. The van der Waals surface area contributed by atoms with Crippen LogP contribution in [0.25, 0.3) is 22.0 Å². The standard InChI is InChI=1S/C26H23Br3N2O4/c1-3-12-35-25-23(29)24(17-5-4-6-18(14-17)26(32)33-2)30-31(25)11-13-34-21-10-7-16-15-19(27)8-9-20(16)22(21)28/h4-10,14-15H,3,11-13H2,1-2H3. The Kier molecular flexibility index (Phi) is 8.51. The fraction of sp³-hybridized carbons (Fsp3) is 0.231. The van der Waals surface area contributed by atoms with Crippen molar-refractivity contribution in [3.8, 4) is 22.9 Å². The number of esters is 1. The van der Waals surface area contributed by atoms with E-state index in [1.165, 1.54) is 7.11 Å². The van der Waals surface area contributed by atoms with E-state index in [1.807, 2.05) is 37.3 Å². The van der Waals surface area contributed by atoms with Gasteiger partial charge in [0.15, 0.2) is 0 Å². The molecule has 1 aromatic heterocycles. The first kappa shape index (κ1) is 25.7. The third kappa shape index (κ3) is 5.73. The van der Waals surface area contributed by atoms with Gasteiger partial charge >= 0.3 is 5.97 Å². The molecule has 4 rings (SSSR count). The van der Waals surface area contributed by atoms with E-state index < -0.39 is 5.97 Å². The summed E-state index contributed by atoms with van der Waals surface area (Å²) in [6.07, 6.45) is 0.863. The fourth-order valence-corrected chi connectivity index (χ4v) is 5.22. The maximum Gasteiger partial charge on any atom is 0.337 e. The molecule has 0 spiro atoms. The molecular formula is C26H23Br3N2O4. The van der Waals surface area contributed by atoms with Crippen LogP contribution in [0.2, 0.25) is 0 Å². The predicted molar refractivity (Wildman–Crippen MR) is 147 cm³/mol. The average Bonchev–Trinajstić information content (AvgIpc) is 3.18. The number of benzene rings is 3. The number of hydrogen-bond donors (Lipinski definition) is 0. The van der Waals surface area contributed by atoms with Gasteiger partial charge in [-0.05, 0) is 79.4 Å². The Morgan fingerprint density at radius 3 is 2.57 bits per heavy atom. The van der Waals surface area contributed by atoms with Crippen LogP contribution in [0.15, 0.2) is 68.0 Å². The molecule has 0 unspecified atom stereocenters. The number of nitrogens with zero attached hydrogens (tertiary/aromatic N) is 2. The van der Waals surface area contributed by atoms with Gasteiger partial charge < -0.3 is 14.2 Å². The Balaban J connectivity index is 1.58. The summed E-state index contributed by atoms with van der Waals surface area (Å²) in [4.78, 5) is 12.0. The second-order valence-electron chi connectivity index (χ2n) is 7.70. The minimum absolute atomic E-state index is 0.388. The van der Waals surface area contributed by atoms with Gasteiger partial charge in [-0.1, -0.05) is 47.1 Å². The van der Waals surface area contributed by atoms with Crippen LogP contribution < -0.4 is 9.47 Å². The Morgan fingerprint density at radius 2 is 1.80 bits per heavy atom. The van der Waals surface area contributed by atoms with Crippen molar-refractivity contribution in [1.82, 2.24) is 9.78 Å². The molecule has 0 amide bonds. The van der Waals surface area contributed by atoms with Crippen molar-refractivity contribution < 1.29 is 19.0 Å². The highest BCUT2D eigenvalue weighted by Crippen LogP contribution is 2.37. The van der Waals surface area contributed by atoms with Crippen molar-refractivity contribution in [3.05, 3.63) is 73.6 Å². The van der Waals surface area contributed by atoms with Crippen LogP contribution in [-0.4, -0.2) is 36.1 Å². The molecule has 4 aromatic rings. The molecular weight excluding hydrogens is 644 g/mol. The minimum atomic E-state index is -0.397. The third-order valence-electron chi connectivity index (χ3n) is 5.29. The van der Waals surface area contributed by atoms with Crippen LogP contribution in [0, 0.1) is 0 Å². The molecule has 0 aliphatic rings. The number of rotatable bonds is 9. The molecule has 0 bridgehead atoms. The van der Waals surface area contributed by atoms with Crippen LogP contribution >= 0.6 is 47.8 Å². The van der Waals surface area contributed by atoms with E-state index in [0.717, 1.165) is 41.9 Å². The molecule has 0 fully saturated rings. The van der Waals surface area contributed by atoms with Gasteiger partial charge in [0, 0.05) is 10.0 Å². The lowest BCUT2D eigenvalue weighted by Gasteiger charge is -2.12. The van der Waals surface area contributed by atoms with E-state index in [2.05, 4.69) is 53.9 Å². The highest BCUT2D eigenvalue weighted by Gasteiger charge is 2.20. The summed E-state index contributed by atoms with van der Waals surface area (Å²) < 4.78 is 21.4. The summed E-state index contributed by atoms with van der Waals surface area (Å²) in [7, 11) is 1.36. The Morgan fingerprint density at radius 1 is 0.971 bits per heavy atom. The zero-order valence-electron chi connectivity index (χ0n) is 19.2. The second kappa shape index (κ2) is 11.6. The van der Waals surface area contributed by atoms with Gasteiger partial charge in [-0.15, -0.1) is 0 Å². The first-order valence-corrected chi connectivity index (χ1v) is 13.4. The first-order valence-electron chi connectivity index (χ1n) is 11.0. The summed E-state index contributed by atoms with van der Waals surface area (Å²) in [5, 5.41) is 6.96. The number of carbonyl (C=O) groups is 1. The molecule has 182 valence electrons. The Bertz CT molecular complexity index is 1370. The van der Waals surface area contributed by atoms with E-state index in [1.54, 1.807) is 22.9 Å². The number of ether oxygens (including phenoxy) is 3. The summed E-state index contributed by atoms with van der Waals surface area (Å²) in [5.41, 5.74) is 1.92. The summed E-state index contributed by atoms with van der Waals surface area (Å²) in [6.45, 7) is 3.46. The van der Waals surface area contributed by atoms with Crippen LogP contribution in [0.3, 0.4) is 0 Å². The SMILES string of the molecule is CCCOc1c(Br)c(-c2cccc(C(=O)OC)c2)nn1CCOc1ccc2cc(Br)ccc2c1Br. The number of fused-ring (bicyclic) bond motifs is 1. The molecule has 0 aliphatic heterocycles. The van der Waals surface area contributed by atoms with Crippen molar-refractivity contribution in [1.29, 1.82) is 0 Å². The van der Waals surface area contributed by atoms with E-state index in [9.17, 15) is 4.79 Å². The van der Waals surface area contributed by atoms with Crippen molar-refractivity contribution in [2.75, 3.05) is 20.3 Å². The fourth-order valence-electron chi connectivity index (χ4n) is 3.60. The highest BCUT2D eigenvalue weighted by atomic mass is 79.9. The molecule has 0 radical (unpaired) electrons. The lowest BCUT2D eigenvalue weighted by molar-refractivity contribution is 0.0601. The van der Waals surface area contributed by atoms with Gasteiger partial charge in [-0.3, -0.25) is 0 Å². The van der Waals surface area contributed by atoms with Gasteiger partial charge in [-0.2, -0.15) is 5.10 Å². The molecule has 3 aromatic carbocycles. The minimum Gasteiger partial charge on any atom is -0.490 e. The Hall–Kier alpha value is -2.36. The van der Waals surface area contributed by atoms with Crippen LogP contribution in [0.5, 0.6) is 11.6 Å². The third-order valence-corrected chi connectivity index (χ3v) is 7.32. The molecule has 0 N–H and O–H groups in total. The van der Waals surface area contributed by atoms with Crippen LogP contribution in [0.4, 0.5) is 0 Å². The lowest BCUT2D eigenvalue weighted by atomic mass is 10.1. The first-order chi connectivity index (χ1) is 16.9. The summed E-state index contributed by atoms with van der Waals surface area (Å²) >= 11 is 10.8. The average molecular weight is 667 g/mol. The van der Waals surface area contributed by atoms with Crippen LogP contribution in [0.1, 0.15) is 23.7 Å². The maximum atomic E-state index is 12.0. The molecule has 1 heterocycles. The van der Waals surface area contributed by atoms with E-state index >= 15 is 0 Å². The van der Waals surface area contributed by atoms with Gasteiger partial charge in [-0.25, -0.2) is 9.48 Å². The molecule has 0 saturated heterocycles. The topological polar surface area (TPSA) is 62.6 Å². The quantitative estimate of drug-likeness (QED) is 0.172. The van der Waals surface area contributed by atoms with Crippen molar-refractivity contribution >= 4 is 64.5 Å². The smallest absolute Gasteiger partial charge is 0.337 e. The van der Waals surface area contributed by atoms with Gasteiger partial charge in [0.1, 0.15) is 22.5 Å². The number of carbonyl (C=O) groups excluding carboxylic acids is 1. The molecule has 9 heteroatoms. The van der Waals surface area contributed by atoms with Crippen molar-refractivity contribution in [2.45, 2.75) is 19.9 Å². The largest absolute Gasteiger partial charge is 0.490 e. The zero-order valence-corrected chi connectivity index (χ0v) is 23.9. The normalized spacial score (nSPS) is 11.0. The van der Waals surface area contributed by atoms with Crippen molar-refractivity contribution in [2.24, 2.45) is 0 Å². The van der Waals surface area contributed by atoms with Crippen LogP contribution in [-0.2, 0) is 11.3 Å². The van der Waals surface area contributed by atoms with Crippen molar-refractivity contribution in [3.63, 3.8) is 0 Å². The number of hydrogen-bond acceptors (Lipinski definition) is 5. The van der Waals surface area contributed by atoms with Gasteiger partial charge in [0.05, 0.1) is 30.3 Å². The predicted octanol–water partition coefficient (Wildman–Crippen LogP) is 7.65. The number of methoxy groups -OCH3 is 1. The second-order valence-corrected chi connectivity index (χ2v) is 10.2. The van der Waals surface area contributed by atoms with E-state index in [0.29, 0.717) is 36.9 Å². The van der Waals surface area contributed by atoms with Gasteiger partial charge in [0.25, 0.3) is 0 Å². The molecule has 0 atom stereocenters. The molecule has 0 saturated carbocycles. The van der Waals surface area contributed by atoms with E-state index in [-0.39, 0.29) is 0 Å². The molecule has 0 aliphatic carbocycles. The summed E-state index contributed by atoms with van der Waals surface area (Å²) in [6, 6.07) is 17.3.